The van der Waals surface area contributed by atoms with Gasteiger partial charge in [0.2, 0.25) is 0 Å². The number of hydrogen-bond acceptors (Lipinski definition) is 1. The first-order valence-corrected chi connectivity index (χ1v) is 5.19. The topological polar surface area (TPSA) is 37.3 Å². The van der Waals surface area contributed by atoms with Crippen molar-refractivity contribution < 1.29 is 9.90 Å². The van der Waals surface area contributed by atoms with Crippen LogP contribution >= 0.6 is 0 Å². The van der Waals surface area contributed by atoms with E-state index < -0.39 is 5.97 Å². The van der Waals surface area contributed by atoms with Gasteiger partial charge in [-0.15, -0.1) is 0 Å². The highest BCUT2D eigenvalue weighted by molar-refractivity contribution is 5.93. The Bertz CT molecular complexity index is 543. The molecule has 16 heavy (non-hydrogen) atoms. The minimum absolute atomic E-state index is 0.117. The molecule has 3 aliphatic carbocycles. The van der Waals surface area contributed by atoms with Gasteiger partial charge in [0, 0.05) is 5.92 Å². The van der Waals surface area contributed by atoms with Crippen molar-refractivity contribution >= 4 is 5.97 Å². The number of rotatable bonds is 1. The molecule has 0 heterocycles. The summed E-state index contributed by atoms with van der Waals surface area (Å²) in [6, 6.07) is 0. The van der Waals surface area contributed by atoms with E-state index in [0.29, 0.717) is 5.57 Å². The SMILES string of the molecule is O=C(O)C1=C2C=CC=C3C=CC=C(C=C1)C32. The number of carboxylic acids is 1. The summed E-state index contributed by atoms with van der Waals surface area (Å²) >= 11 is 0. The summed E-state index contributed by atoms with van der Waals surface area (Å²) in [5.41, 5.74) is 3.62. The van der Waals surface area contributed by atoms with Gasteiger partial charge in [-0.2, -0.15) is 0 Å². The lowest BCUT2D eigenvalue weighted by molar-refractivity contribution is -0.132. The van der Waals surface area contributed by atoms with Crippen LogP contribution in [0.25, 0.3) is 0 Å². The average Bonchev–Trinajstić information content (AvgIpc) is 2.30. The van der Waals surface area contributed by atoms with Gasteiger partial charge in [-0.25, -0.2) is 4.79 Å². The third-order valence-electron chi connectivity index (χ3n) is 3.10. The van der Waals surface area contributed by atoms with Gasteiger partial charge in [0.15, 0.2) is 0 Å². The number of carbonyl (C=O) groups is 1. The lowest BCUT2D eigenvalue weighted by Gasteiger charge is -2.29. The highest BCUT2D eigenvalue weighted by Gasteiger charge is 2.29. The van der Waals surface area contributed by atoms with Gasteiger partial charge < -0.3 is 5.11 Å². The molecule has 0 aromatic heterocycles. The van der Waals surface area contributed by atoms with Crippen molar-refractivity contribution in [2.75, 3.05) is 0 Å². The molecule has 0 spiro atoms. The molecule has 2 nitrogen and oxygen atoms in total. The number of aliphatic carboxylic acids is 1. The molecule has 0 saturated heterocycles. The lowest BCUT2D eigenvalue weighted by atomic mass is 9.74. The number of carboxylic acid groups (broad SMARTS) is 1. The quantitative estimate of drug-likeness (QED) is 0.722. The fraction of sp³-hybridized carbons (Fsp3) is 0.0714. The van der Waals surface area contributed by atoms with Crippen LogP contribution < -0.4 is 0 Å². The zero-order valence-electron chi connectivity index (χ0n) is 8.55. The van der Waals surface area contributed by atoms with E-state index in [9.17, 15) is 4.79 Å². The van der Waals surface area contributed by atoms with E-state index >= 15 is 0 Å². The molecule has 0 fully saturated rings. The monoisotopic (exact) mass is 210 g/mol. The average molecular weight is 210 g/mol. The summed E-state index contributed by atoms with van der Waals surface area (Å²) in [6.07, 6.45) is 15.5. The molecule has 3 rings (SSSR count). The Morgan fingerprint density at radius 3 is 2.44 bits per heavy atom. The van der Waals surface area contributed by atoms with Crippen LogP contribution in [0.5, 0.6) is 0 Å². The summed E-state index contributed by atoms with van der Waals surface area (Å²) in [5, 5.41) is 9.14. The van der Waals surface area contributed by atoms with E-state index in [2.05, 4.69) is 0 Å². The fourth-order valence-electron chi connectivity index (χ4n) is 2.39. The van der Waals surface area contributed by atoms with E-state index in [1.54, 1.807) is 6.08 Å². The minimum Gasteiger partial charge on any atom is -0.478 e. The predicted molar refractivity (Wildman–Crippen MR) is 61.7 cm³/mol. The Morgan fingerprint density at radius 2 is 1.69 bits per heavy atom. The summed E-state index contributed by atoms with van der Waals surface area (Å²) in [7, 11) is 0. The van der Waals surface area contributed by atoms with Crippen LogP contribution in [0.2, 0.25) is 0 Å². The van der Waals surface area contributed by atoms with Crippen molar-refractivity contribution in [2.24, 2.45) is 5.92 Å². The highest BCUT2D eigenvalue weighted by Crippen LogP contribution is 2.40. The zero-order chi connectivity index (χ0) is 11.1. The predicted octanol–water partition coefficient (Wildman–Crippen LogP) is 2.55. The lowest BCUT2D eigenvalue weighted by Crippen LogP contribution is -2.19. The van der Waals surface area contributed by atoms with E-state index in [1.165, 1.54) is 0 Å². The zero-order valence-corrected chi connectivity index (χ0v) is 8.55. The van der Waals surface area contributed by atoms with Gasteiger partial charge in [0.1, 0.15) is 0 Å². The van der Waals surface area contributed by atoms with E-state index in [-0.39, 0.29) is 5.92 Å². The van der Waals surface area contributed by atoms with Gasteiger partial charge in [-0.3, -0.25) is 0 Å². The number of allylic oxidation sites excluding steroid dienone is 10. The molecule has 3 aliphatic rings. The van der Waals surface area contributed by atoms with Crippen LogP contribution in [-0.4, -0.2) is 11.1 Å². The maximum absolute atomic E-state index is 11.1. The van der Waals surface area contributed by atoms with E-state index in [1.807, 2.05) is 42.5 Å². The molecule has 0 saturated carbocycles. The molecule has 1 N–H and O–H groups in total. The second kappa shape index (κ2) is 3.20. The van der Waals surface area contributed by atoms with Crippen LogP contribution in [0.4, 0.5) is 0 Å². The Kier molecular flexibility index (Phi) is 1.83. The van der Waals surface area contributed by atoms with Crippen molar-refractivity contribution in [1.29, 1.82) is 0 Å². The summed E-state index contributed by atoms with van der Waals surface area (Å²) in [5.74, 6) is -0.739. The van der Waals surface area contributed by atoms with Gasteiger partial charge in [-0.05, 0) is 22.8 Å². The van der Waals surface area contributed by atoms with Gasteiger partial charge in [0.25, 0.3) is 0 Å². The van der Waals surface area contributed by atoms with Crippen LogP contribution in [0.3, 0.4) is 0 Å². The van der Waals surface area contributed by atoms with Crippen molar-refractivity contribution in [1.82, 2.24) is 0 Å². The first-order valence-electron chi connectivity index (χ1n) is 5.19. The second-order valence-corrected chi connectivity index (χ2v) is 3.99. The van der Waals surface area contributed by atoms with Crippen molar-refractivity contribution in [2.45, 2.75) is 0 Å². The van der Waals surface area contributed by atoms with Gasteiger partial charge in [0.05, 0.1) is 5.57 Å². The molecule has 1 atom stereocenters. The van der Waals surface area contributed by atoms with E-state index in [0.717, 1.165) is 16.7 Å². The van der Waals surface area contributed by atoms with Crippen LogP contribution in [-0.2, 0) is 4.79 Å². The van der Waals surface area contributed by atoms with Gasteiger partial charge >= 0.3 is 5.97 Å². The first-order chi connectivity index (χ1) is 7.77. The Balaban J connectivity index is 2.23. The molecule has 0 aromatic rings. The van der Waals surface area contributed by atoms with Crippen LogP contribution in [0.1, 0.15) is 0 Å². The third-order valence-corrected chi connectivity index (χ3v) is 3.10. The number of hydrogen-bond donors (Lipinski definition) is 1. The molecule has 0 radical (unpaired) electrons. The fourth-order valence-corrected chi connectivity index (χ4v) is 2.39. The Morgan fingerprint density at radius 1 is 1.00 bits per heavy atom. The summed E-state index contributed by atoms with van der Waals surface area (Å²) < 4.78 is 0. The van der Waals surface area contributed by atoms with Crippen LogP contribution in [0, 0.1) is 5.92 Å². The smallest absolute Gasteiger partial charge is 0.335 e. The largest absolute Gasteiger partial charge is 0.478 e. The second-order valence-electron chi connectivity index (χ2n) is 3.99. The first kappa shape index (κ1) is 9.16. The molecule has 0 bridgehead atoms. The van der Waals surface area contributed by atoms with E-state index in [4.69, 9.17) is 5.11 Å². The molecular formula is C14H10O2. The standard InChI is InChI=1S/C14H10O2/c15-14(16)12-8-7-10-4-1-3-9-5-2-6-11(12)13(9)10/h1-8,13H,(H,15,16). The molecular weight excluding hydrogens is 200 g/mol. The van der Waals surface area contributed by atoms with Crippen LogP contribution in [0.15, 0.2) is 70.9 Å². The molecule has 0 amide bonds. The third kappa shape index (κ3) is 1.16. The minimum atomic E-state index is -0.856. The summed E-state index contributed by atoms with van der Waals surface area (Å²) in [4.78, 5) is 11.1. The molecule has 0 aliphatic heterocycles. The molecule has 78 valence electrons. The Labute approximate surface area is 93.3 Å². The van der Waals surface area contributed by atoms with Crippen molar-refractivity contribution in [3.63, 3.8) is 0 Å². The normalized spacial score (nSPS) is 25.1. The maximum Gasteiger partial charge on any atom is 0.335 e. The van der Waals surface area contributed by atoms with Crippen molar-refractivity contribution in [3.05, 3.63) is 70.9 Å². The van der Waals surface area contributed by atoms with Gasteiger partial charge in [-0.1, -0.05) is 42.5 Å². The maximum atomic E-state index is 11.1. The highest BCUT2D eigenvalue weighted by atomic mass is 16.4. The Hall–Kier alpha value is -2.09. The molecule has 2 heteroatoms. The summed E-state index contributed by atoms with van der Waals surface area (Å²) in [6.45, 7) is 0. The van der Waals surface area contributed by atoms with Crippen molar-refractivity contribution in [3.8, 4) is 0 Å². The molecule has 1 unspecified atom stereocenters. The molecule has 0 aromatic carbocycles.